The molecule has 0 saturated carbocycles. The van der Waals surface area contributed by atoms with E-state index < -0.39 is 0 Å². The second-order valence-corrected chi connectivity index (χ2v) is 8.60. The third kappa shape index (κ3) is 9.82. The van der Waals surface area contributed by atoms with E-state index in [1.54, 1.807) is 6.08 Å². The number of amides is 1. The van der Waals surface area contributed by atoms with E-state index >= 15 is 0 Å². The number of carbonyl (C=O) groups excluding carboxylic acids is 1. The minimum absolute atomic E-state index is 0.00730. The lowest BCUT2D eigenvalue weighted by Gasteiger charge is -2.08. The molecule has 0 aliphatic rings. The van der Waals surface area contributed by atoms with Crippen LogP contribution in [0.25, 0.3) is 10.8 Å². The van der Waals surface area contributed by atoms with Crippen molar-refractivity contribution in [3.8, 4) is 5.88 Å². The number of fused-ring (bicyclic) bond motifs is 1. The van der Waals surface area contributed by atoms with Crippen LogP contribution in [0.1, 0.15) is 65.0 Å². The van der Waals surface area contributed by atoms with E-state index in [4.69, 9.17) is 4.74 Å². The van der Waals surface area contributed by atoms with Crippen molar-refractivity contribution in [3.05, 3.63) is 59.8 Å². The summed E-state index contributed by atoms with van der Waals surface area (Å²) in [7, 11) is 0. The van der Waals surface area contributed by atoms with Crippen LogP contribution in [0.2, 0.25) is 0 Å². The highest BCUT2D eigenvalue weighted by molar-refractivity contribution is 5.88. The van der Waals surface area contributed by atoms with Gasteiger partial charge in [-0.25, -0.2) is 4.98 Å². The Kier molecular flexibility index (Phi) is 10.8. The third-order valence-corrected chi connectivity index (χ3v) is 5.10. The Bertz CT molecular complexity index is 884. The summed E-state index contributed by atoms with van der Waals surface area (Å²) in [5.41, 5.74) is 2.01. The van der Waals surface area contributed by atoms with Crippen molar-refractivity contribution < 1.29 is 9.53 Å². The number of hydrogen-bond acceptors (Lipinski definition) is 3. The van der Waals surface area contributed by atoms with Crippen LogP contribution in [-0.2, 0) is 4.79 Å². The Morgan fingerprint density at radius 1 is 1.13 bits per heavy atom. The van der Waals surface area contributed by atoms with E-state index in [-0.39, 0.29) is 5.91 Å². The van der Waals surface area contributed by atoms with Gasteiger partial charge in [-0.15, -0.1) is 0 Å². The van der Waals surface area contributed by atoms with E-state index in [1.165, 1.54) is 36.5 Å². The predicted molar refractivity (Wildman–Crippen MR) is 130 cm³/mol. The van der Waals surface area contributed by atoms with Crippen molar-refractivity contribution in [1.82, 2.24) is 10.3 Å². The first-order valence-corrected chi connectivity index (χ1v) is 11.6. The van der Waals surface area contributed by atoms with Crippen molar-refractivity contribution in [2.45, 2.75) is 66.2 Å². The zero-order valence-electron chi connectivity index (χ0n) is 19.6. The molecule has 2 rings (SSSR count). The number of aryl methyl sites for hydroxylation is 1. The molecule has 0 saturated heterocycles. The Morgan fingerprint density at radius 3 is 2.68 bits per heavy atom. The molecule has 1 N–H and O–H groups in total. The average molecular weight is 423 g/mol. The molecule has 2 aromatic rings. The van der Waals surface area contributed by atoms with Gasteiger partial charge >= 0.3 is 0 Å². The molecule has 0 radical (unpaired) electrons. The molecule has 168 valence electrons. The molecule has 0 aliphatic carbocycles. The van der Waals surface area contributed by atoms with E-state index in [9.17, 15) is 4.79 Å². The molecule has 0 atom stereocenters. The zero-order chi connectivity index (χ0) is 22.5. The molecule has 1 aromatic heterocycles. The van der Waals surface area contributed by atoms with Gasteiger partial charge in [-0.3, -0.25) is 4.79 Å². The Morgan fingerprint density at radius 2 is 1.87 bits per heavy atom. The van der Waals surface area contributed by atoms with Crippen LogP contribution in [0.4, 0.5) is 0 Å². The van der Waals surface area contributed by atoms with Gasteiger partial charge in [0.1, 0.15) is 0 Å². The number of pyridine rings is 1. The minimum atomic E-state index is -0.00730. The lowest BCUT2D eigenvalue weighted by atomic mass is 10.1. The van der Waals surface area contributed by atoms with Crippen LogP contribution in [0.3, 0.4) is 0 Å². The van der Waals surface area contributed by atoms with E-state index in [1.807, 2.05) is 38.1 Å². The van der Waals surface area contributed by atoms with E-state index in [2.05, 4.69) is 42.4 Å². The fourth-order valence-corrected chi connectivity index (χ4v) is 3.37. The summed E-state index contributed by atoms with van der Waals surface area (Å²) in [5.74, 6) is 1.19. The Balaban J connectivity index is 1.54. The molecule has 1 aromatic carbocycles. The number of aromatic nitrogens is 1. The first kappa shape index (κ1) is 24.6. The summed E-state index contributed by atoms with van der Waals surface area (Å²) < 4.78 is 5.87. The van der Waals surface area contributed by atoms with Crippen molar-refractivity contribution in [1.29, 1.82) is 0 Å². The molecule has 4 nitrogen and oxygen atoms in total. The number of benzene rings is 1. The molecule has 31 heavy (non-hydrogen) atoms. The van der Waals surface area contributed by atoms with Gasteiger partial charge in [-0.2, -0.15) is 0 Å². The van der Waals surface area contributed by atoms with Gasteiger partial charge in [-0.05, 0) is 50.0 Å². The van der Waals surface area contributed by atoms with Crippen LogP contribution in [0, 0.1) is 12.8 Å². The van der Waals surface area contributed by atoms with Crippen LogP contribution >= 0.6 is 0 Å². The number of nitrogens with one attached hydrogen (secondary N) is 1. The largest absolute Gasteiger partial charge is 0.478 e. The molecular formula is C27H38N2O2. The number of nitrogens with zero attached hydrogens (tertiary/aromatic N) is 1. The van der Waals surface area contributed by atoms with E-state index in [0.29, 0.717) is 12.5 Å². The molecule has 1 heterocycles. The van der Waals surface area contributed by atoms with Crippen molar-refractivity contribution in [2.24, 2.45) is 5.92 Å². The predicted octanol–water partition coefficient (Wildman–Crippen LogP) is 6.54. The molecular weight excluding hydrogens is 384 g/mol. The first-order valence-electron chi connectivity index (χ1n) is 11.6. The quantitative estimate of drug-likeness (QED) is 0.227. The smallest absolute Gasteiger partial charge is 0.244 e. The minimum Gasteiger partial charge on any atom is -0.478 e. The maximum atomic E-state index is 11.7. The summed E-state index contributed by atoms with van der Waals surface area (Å²) in [4.78, 5) is 16.3. The highest BCUT2D eigenvalue weighted by Crippen LogP contribution is 2.21. The fraction of sp³-hybridized carbons (Fsp3) is 0.481. The number of allylic oxidation sites excluding steroid dienone is 3. The van der Waals surface area contributed by atoms with Gasteiger partial charge in [0.2, 0.25) is 11.8 Å². The standard InChI is InChI=1S/C27H38N2O2/c1-21(2)20-28-26(30)18-22(3)14-10-8-6-5-7-9-13-17-31-27-19-24-15-11-12-16-25(24)23(4)29-27/h10-12,14-16,18-19,21H,5-9,13,17,20H2,1-4H3,(H,28,30)/b14-10+,22-18+. The van der Waals surface area contributed by atoms with Crippen LogP contribution in [0.5, 0.6) is 5.88 Å². The van der Waals surface area contributed by atoms with Gasteiger partial charge in [0, 0.05) is 29.8 Å². The SMILES string of the molecule is CC(/C=C/CCCCCCCOc1cc2ccccc2c(C)n1)=C\C(=O)NCC(C)C. The van der Waals surface area contributed by atoms with Crippen LogP contribution < -0.4 is 10.1 Å². The van der Waals surface area contributed by atoms with Crippen molar-refractivity contribution in [2.75, 3.05) is 13.2 Å². The van der Waals surface area contributed by atoms with Crippen molar-refractivity contribution in [3.63, 3.8) is 0 Å². The number of unbranched alkanes of at least 4 members (excludes halogenated alkanes) is 5. The van der Waals surface area contributed by atoms with Crippen LogP contribution in [-0.4, -0.2) is 24.0 Å². The molecule has 0 spiro atoms. The summed E-state index contributed by atoms with van der Waals surface area (Å²) in [6, 6.07) is 10.3. The molecule has 0 bridgehead atoms. The summed E-state index contributed by atoms with van der Waals surface area (Å²) in [5, 5.41) is 5.27. The normalized spacial score (nSPS) is 12.1. The molecule has 0 fully saturated rings. The second-order valence-electron chi connectivity index (χ2n) is 8.60. The first-order chi connectivity index (χ1) is 15.0. The van der Waals surface area contributed by atoms with Gasteiger partial charge in [-0.1, -0.05) is 69.5 Å². The Hall–Kier alpha value is -2.62. The maximum absolute atomic E-state index is 11.7. The monoisotopic (exact) mass is 422 g/mol. The Labute approximate surface area is 187 Å². The van der Waals surface area contributed by atoms with Gasteiger partial charge < -0.3 is 10.1 Å². The highest BCUT2D eigenvalue weighted by atomic mass is 16.5. The van der Waals surface area contributed by atoms with Crippen LogP contribution in [0.15, 0.2) is 54.1 Å². The summed E-state index contributed by atoms with van der Waals surface area (Å²) in [6.45, 7) is 9.61. The fourth-order valence-electron chi connectivity index (χ4n) is 3.37. The lowest BCUT2D eigenvalue weighted by Crippen LogP contribution is -2.25. The maximum Gasteiger partial charge on any atom is 0.244 e. The number of carbonyl (C=O) groups is 1. The van der Waals surface area contributed by atoms with Gasteiger partial charge in [0.25, 0.3) is 0 Å². The average Bonchev–Trinajstić information content (AvgIpc) is 2.73. The summed E-state index contributed by atoms with van der Waals surface area (Å²) >= 11 is 0. The zero-order valence-corrected chi connectivity index (χ0v) is 19.6. The molecule has 4 heteroatoms. The second kappa shape index (κ2) is 13.6. The number of ether oxygens (including phenoxy) is 1. The lowest BCUT2D eigenvalue weighted by molar-refractivity contribution is -0.116. The van der Waals surface area contributed by atoms with E-state index in [0.717, 1.165) is 36.5 Å². The highest BCUT2D eigenvalue weighted by Gasteiger charge is 2.03. The molecule has 0 aliphatic heterocycles. The van der Waals surface area contributed by atoms with Gasteiger partial charge in [0.05, 0.1) is 6.61 Å². The molecule has 1 amide bonds. The number of rotatable bonds is 13. The molecule has 0 unspecified atom stereocenters. The number of hydrogen-bond donors (Lipinski definition) is 1. The van der Waals surface area contributed by atoms with Crippen molar-refractivity contribution >= 4 is 16.7 Å². The summed E-state index contributed by atoms with van der Waals surface area (Å²) in [6.07, 6.45) is 12.8. The third-order valence-electron chi connectivity index (χ3n) is 5.10. The topological polar surface area (TPSA) is 51.2 Å². The van der Waals surface area contributed by atoms with Gasteiger partial charge in [0.15, 0.2) is 0 Å².